The molecule has 3 nitrogen and oxygen atoms in total. The van der Waals surface area contributed by atoms with Gasteiger partial charge in [-0.1, -0.05) is 78.9 Å². The highest BCUT2D eigenvalue weighted by molar-refractivity contribution is 7.80. The summed E-state index contributed by atoms with van der Waals surface area (Å²) in [5, 5.41) is 7.34. The first-order valence-electron chi connectivity index (χ1n) is 9.05. The van der Waals surface area contributed by atoms with E-state index in [2.05, 4.69) is 48.7 Å². The summed E-state index contributed by atoms with van der Waals surface area (Å²) in [6.45, 7) is 4.14. The van der Waals surface area contributed by atoms with Gasteiger partial charge in [-0.3, -0.25) is 0 Å². The molecule has 138 valence electrons. The molecule has 4 heteroatoms. The van der Waals surface area contributed by atoms with Crippen molar-refractivity contribution in [3.63, 3.8) is 0 Å². The Morgan fingerprint density at radius 1 is 0.778 bits per heavy atom. The summed E-state index contributed by atoms with van der Waals surface area (Å²) in [6.07, 6.45) is 0. The first-order valence-corrected chi connectivity index (χ1v) is 9.46. The lowest BCUT2D eigenvalue weighted by Crippen LogP contribution is -2.38. The van der Waals surface area contributed by atoms with E-state index in [0.29, 0.717) is 5.11 Å². The van der Waals surface area contributed by atoms with Crippen LogP contribution in [-0.2, 0) is 0 Å². The molecule has 0 amide bonds. The highest BCUT2D eigenvalue weighted by Crippen LogP contribution is 2.27. The van der Waals surface area contributed by atoms with Crippen LogP contribution in [0.15, 0.2) is 78.9 Å². The van der Waals surface area contributed by atoms with Crippen molar-refractivity contribution in [2.45, 2.75) is 25.9 Å². The summed E-state index contributed by atoms with van der Waals surface area (Å²) in [6, 6.07) is 26.1. The number of thiocarbonyl (C=S) groups is 1. The first-order chi connectivity index (χ1) is 13.1. The van der Waals surface area contributed by atoms with E-state index in [-0.39, 0.29) is 12.1 Å². The third-order valence-corrected chi connectivity index (χ3v) is 4.93. The van der Waals surface area contributed by atoms with Crippen molar-refractivity contribution in [3.05, 3.63) is 101 Å². The Balaban J connectivity index is 1.84. The maximum atomic E-state index is 6.62. The van der Waals surface area contributed by atoms with Crippen molar-refractivity contribution >= 4 is 23.0 Å². The highest BCUT2D eigenvalue weighted by atomic mass is 32.1. The average molecular weight is 376 g/mol. The van der Waals surface area contributed by atoms with Crippen molar-refractivity contribution in [1.29, 1.82) is 0 Å². The third-order valence-electron chi connectivity index (χ3n) is 4.71. The molecule has 0 aromatic heterocycles. The smallest absolute Gasteiger partial charge is 0.171 e. The molecule has 0 aliphatic carbocycles. The second-order valence-corrected chi connectivity index (χ2v) is 7.10. The normalized spacial score (nSPS) is 12.9. The molecule has 27 heavy (non-hydrogen) atoms. The number of nitrogens with one attached hydrogen (secondary N) is 2. The fraction of sp³-hybridized carbons (Fsp3) is 0.174. The number of hydrogen-bond donors (Lipinski definition) is 3. The summed E-state index contributed by atoms with van der Waals surface area (Å²) in [4.78, 5) is 0. The molecule has 0 fully saturated rings. The number of aryl methyl sites for hydroxylation is 2. The van der Waals surface area contributed by atoms with Gasteiger partial charge in [-0.05, 0) is 48.3 Å². The van der Waals surface area contributed by atoms with Gasteiger partial charge in [-0.15, -0.1) is 0 Å². The second-order valence-electron chi connectivity index (χ2n) is 6.69. The fourth-order valence-electron chi connectivity index (χ4n) is 3.21. The molecule has 0 saturated carbocycles. The van der Waals surface area contributed by atoms with Crippen molar-refractivity contribution in [2.24, 2.45) is 5.73 Å². The molecule has 0 radical (unpaired) electrons. The quantitative estimate of drug-likeness (QED) is 0.547. The summed E-state index contributed by atoms with van der Waals surface area (Å²) >= 11 is 5.62. The molecule has 3 rings (SSSR count). The maximum Gasteiger partial charge on any atom is 0.171 e. The molecule has 2 unspecified atom stereocenters. The lowest BCUT2D eigenvalue weighted by Gasteiger charge is -2.28. The van der Waals surface area contributed by atoms with E-state index < -0.39 is 0 Å². The van der Waals surface area contributed by atoms with Crippen LogP contribution in [0, 0.1) is 13.8 Å². The number of hydrogen-bond acceptors (Lipinski definition) is 2. The summed E-state index contributed by atoms with van der Waals surface area (Å²) in [5.74, 6) is 0. The highest BCUT2D eigenvalue weighted by Gasteiger charge is 2.22. The Kier molecular flexibility index (Phi) is 6.22. The van der Waals surface area contributed by atoms with E-state index >= 15 is 0 Å². The molecule has 0 aliphatic heterocycles. The largest absolute Gasteiger partial charge is 0.354 e. The topological polar surface area (TPSA) is 50.1 Å². The summed E-state index contributed by atoms with van der Waals surface area (Å²) in [7, 11) is 0. The zero-order valence-corrected chi connectivity index (χ0v) is 16.5. The SMILES string of the molecule is Cc1cccc(C)c1NC(=S)NC(c1ccccc1)C(N)c1ccccc1. The summed E-state index contributed by atoms with van der Waals surface area (Å²) < 4.78 is 0. The van der Waals surface area contributed by atoms with Crippen LogP contribution in [0.2, 0.25) is 0 Å². The predicted molar refractivity (Wildman–Crippen MR) is 118 cm³/mol. The van der Waals surface area contributed by atoms with E-state index in [1.165, 1.54) is 0 Å². The van der Waals surface area contributed by atoms with Crippen molar-refractivity contribution in [1.82, 2.24) is 5.32 Å². The second kappa shape index (κ2) is 8.80. The Labute approximate surface area is 166 Å². The van der Waals surface area contributed by atoms with E-state index in [1.807, 2.05) is 54.6 Å². The Hall–Kier alpha value is -2.69. The van der Waals surface area contributed by atoms with E-state index in [1.54, 1.807) is 0 Å². The molecule has 3 aromatic rings. The number of nitrogens with two attached hydrogens (primary N) is 1. The molecule has 0 aliphatic rings. The van der Waals surface area contributed by atoms with Gasteiger partial charge in [0.2, 0.25) is 0 Å². The van der Waals surface area contributed by atoms with Crippen LogP contribution in [0.25, 0.3) is 0 Å². The first kappa shape index (κ1) is 19.1. The molecular formula is C23H25N3S. The van der Waals surface area contributed by atoms with Gasteiger partial charge in [0.1, 0.15) is 0 Å². The van der Waals surface area contributed by atoms with Gasteiger partial charge in [-0.25, -0.2) is 0 Å². The van der Waals surface area contributed by atoms with Gasteiger partial charge in [-0.2, -0.15) is 0 Å². The van der Waals surface area contributed by atoms with Crippen molar-refractivity contribution in [2.75, 3.05) is 5.32 Å². The molecule has 4 N–H and O–H groups in total. The Morgan fingerprint density at radius 2 is 1.30 bits per heavy atom. The molecule has 0 bridgehead atoms. The van der Waals surface area contributed by atoms with Crippen LogP contribution in [0.1, 0.15) is 34.3 Å². The number of benzene rings is 3. The average Bonchev–Trinajstić information content (AvgIpc) is 2.70. The molecule has 0 spiro atoms. The standard InChI is InChI=1S/C23H25N3S/c1-16-10-9-11-17(2)21(16)25-23(27)26-22(19-14-7-4-8-15-19)20(24)18-12-5-3-6-13-18/h3-15,20,22H,24H2,1-2H3,(H2,25,26,27). The van der Waals surface area contributed by atoms with Crippen molar-refractivity contribution < 1.29 is 0 Å². The van der Waals surface area contributed by atoms with Gasteiger partial charge in [0.15, 0.2) is 5.11 Å². The minimum atomic E-state index is -0.230. The number of para-hydroxylation sites is 1. The summed E-state index contributed by atoms with van der Waals surface area (Å²) in [5.41, 5.74) is 12.1. The van der Waals surface area contributed by atoms with E-state index in [9.17, 15) is 0 Å². The van der Waals surface area contributed by atoms with Crippen LogP contribution in [0.3, 0.4) is 0 Å². The van der Waals surface area contributed by atoms with E-state index in [0.717, 1.165) is 27.9 Å². The monoisotopic (exact) mass is 375 g/mol. The molecule has 0 saturated heterocycles. The minimum absolute atomic E-state index is 0.141. The van der Waals surface area contributed by atoms with Crippen LogP contribution < -0.4 is 16.4 Å². The van der Waals surface area contributed by atoms with Crippen LogP contribution in [-0.4, -0.2) is 5.11 Å². The Bertz CT molecular complexity index is 874. The van der Waals surface area contributed by atoms with Crippen LogP contribution in [0.4, 0.5) is 5.69 Å². The lowest BCUT2D eigenvalue weighted by atomic mass is 9.94. The van der Waals surface area contributed by atoms with Crippen LogP contribution >= 0.6 is 12.2 Å². The minimum Gasteiger partial charge on any atom is -0.354 e. The lowest BCUT2D eigenvalue weighted by molar-refractivity contribution is 0.527. The van der Waals surface area contributed by atoms with Crippen molar-refractivity contribution in [3.8, 4) is 0 Å². The predicted octanol–water partition coefficient (Wildman–Crippen LogP) is 5.03. The van der Waals surface area contributed by atoms with Gasteiger partial charge in [0.05, 0.1) is 12.1 Å². The number of anilines is 1. The fourth-order valence-corrected chi connectivity index (χ4v) is 3.44. The zero-order valence-electron chi connectivity index (χ0n) is 15.6. The van der Waals surface area contributed by atoms with E-state index in [4.69, 9.17) is 18.0 Å². The van der Waals surface area contributed by atoms with Gasteiger partial charge in [0.25, 0.3) is 0 Å². The molecule has 2 atom stereocenters. The van der Waals surface area contributed by atoms with Gasteiger partial charge in [0, 0.05) is 5.69 Å². The number of rotatable bonds is 5. The van der Waals surface area contributed by atoms with Crippen LogP contribution in [0.5, 0.6) is 0 Å². The third kappa shape index (κ3) is 4.73. The van der Waals surface area contributed by atoms with Gasteiger partial charge >= 0.3 is 0 Å². The maximum absolute atomic E-state index is 6.62. The molecule has 3 aromatic carbocycles. The van der Waals surface area contributed by atoms with Gasteiger partial charge < -0.3 is 16.4 Å². The molecule has 0 heterocycles. The molecular weight excluding hydrogens is 350 g/mol. The zero-order chi connectivity index (χ0) is 19.2. The Morgan fingerprint density at radius 3 is 1.85 bits per heavy atom.